The van der Waals surface area contributed by atoms with Crippen LogP contribution in [-0.4, -0.2) is 45.2 Å². The molecular weight excluding hydrogens is 723 g/mol. The van der Waals surface area contributed by atoms with E-state index in [1.807, 2.05) is 42.5 Å². The summed E-state index contributed by atoms with van der Waals surface area (Å²) in [6, 6.07) is 13.3. The van der Waals surface area contributed by atoms with Crippen molar-refractivity contribution >= 4 is 135 Å². The molecule has 4 atom stereocenters. The van der Waals surface area contributed by atoms with Gasteiger partial charge in [-0.15, -0.1) is 45.3 Å². The third-order valence-electron chi connectivity index (χ3n) is 11.0. The summed E-state index contributed by atoms with van der Waals surface area (Å²) in [6.07, 6.45) is 6.25. The smallest absolute Gasteiger partial charge is 0.419 e. The molecule has 51 heavy (non-hydrogen) atoms. The van der Waals surface area contributed by atoms with Crippen LogP contribution in [0.1, 0.15) is 56.9 Å². The number of rotatable bonds is 4. The van der Waals surface area contributed by atoms with E-state index in [9.17, 15) is 24.0 Å². The second kappa shape index (κ2) is 11.9. The summed E-state index contributed by atoms with van der Waals surface area (Å²) in [7, 11) is 0. The van der Waals surface area contributed by atoms with Gasteiger partial charge in [-0.25, -0.2) is 19.3 Å². The highest BCUT2D eigenvalue weighted by Crippen LogP contribution is 2.53. The maximum absolute atomic E-state index is 14.1. The average molecular weight is 752 g/mol. The number of hydrogen-bond donors (Lipinski definition) is 0. The molecule has 4 aliphatic rings. The van der Waals surface area contributed by atoms with Crippen molar-refractivity contribution in [2.45, 2.75) is 58.0 Å². The minimum absolute atomic E-state index is 0.0589. The van der Waals surface area contributed by atoms with Crippen molar-refractivity contribution in [1.82, 2.24) is 4.57 Å². The number of nitrogens with zero attached hydrogens (tertiary/aromatic N) is 3. The second-order valence-corrected chi connectivity index (χ2v) is 18.0. The van der Waals surface area contributed by atoms with Crippen LogP contribution in [0.3, 0.4) is 0 Å². The summed E-state index contributed by atoms with van der Waals surface area (Å²) in [4.78, 5) is 76.3. The molecule has 4 unspecified atom stereocenters. The van der Waals surface area contributed by atoms with Crippen molar-refractivity contribution in [1.29, 1.82) is 0 Å². The first-order chi connectivity index (χ1) is 24.9. The molecule has 1 aromatic carbocycles. The van der Waals surface area contributed by atoms with E-state index in [0.717, 1.165) is 85.1 Å². The highest BCUT2D eigenvalue weighted by atomic mass is 32.1. The summed E-state index contributed by atoms with van der Waals surface area (Å²) in [5.41, 5.74) is 2.39. The highest BCUT2D eigenvalue weighted by Gasteiger charge is 2.48. The monoisotopic (exact) mass is 751 g/mol. The molecule has 256 valence electrons. The lowest BCUT2D eigenvalue weighted by molar-refractivity contribution is -0.120. The van der Waals surface area contributed by atoms with Crippen LogP contribution >= 0.6 is 45.3 Å². The van der Waals surface area contributed by atoms with Gasteiger partial charge in [0.25, 0.3) is 0 Å². The third kappa shape index (κ3) is 4.84. The first kappa shape index (κ1) is 31.6. The predicted octanol–water partition coefficient (Wildman–Crippen LogP) is 9.59. The topological polar surface area (TPSA) is 124 Å². The molecule has 0 radical (unpaired) electrons. The molecule has 4 saturated carbocycles. The second-order valence-electron chi connectivity index (χ2n) is 13.9. The van der Waals surface area contributed by atoms with Crippen molar-refractivity contribution in [3.8, 4) is 0 Å². The maximum atomic E-state index is 14.1. The minimum Gasteiger partial charge on any atom is -0.444 e. The zero-order valence-electron chi connectivity index (χ0n) is 27.1. The van der Waals surface area contributed by atoms with Gasteiger partial charge in [-0.05, 0) is 43.4 Å². The van der Waals surface area contributed by atoms with Crippen molar-refractivity contribution in [3.05, 3.63) is 48.0 Å². The van der Waals surface area contributed by atoms with Gasteiger partial charge < -0.3 is 4.74 Å². The first-order valence-corrected chi connectivity index (χ1v) is 20.6. The van der Waals surface area contributed by atoms with Crippen molar-refractivity contribution in [3.63, 3.8) is 0 Å². The van der Waals surface area contributed by atoms with Crippen LogP contribution in [0.25, 0.3) is 39.2 Å². The fourth-order valence-corrected chi connectivity index (χ4v) is 13.6. The van der Waals surface area contributed by atoms with Gasteiger partial charge in [0.2, 0.25) is 0 Å². The molecular formula is C38H29N3O6S4. The first-order valence-electron chi connectivity index (χ1n) is 17.3. The third-order valence-corrected chi connectivity index (χ3v) is 15.7. The van der Waals surface area contributed by atoms with Gasteiger partial charge in [-0.1, -0.05) is 56.0 Å². The van der Waals surface area contributed by atoms with E-state index in [1.165, 1.54) is 22.7 Å². The standard InChI is InChI=1S/C38H29N3O6S4/c42-30-18-10-4-5-11-19(18)31(43)26(30)39-24-14-22-34(50-24)28-36(48-22)37-29(41(28)38(46)47-16-17-8-2-1-3-9-17)35-23(49-37)15-25(51-35)40-27-32(44)20-12-6-7-13-21(20)33(27)45/h1-3,8-9,14-15,18-21H,4-7,10-13,16H2. The number of aliphatic imine (C=N–C) groups is 2. The highest BCUT2D eigenvalue weighted by molar-refractivity contribution is 7.39. The molecule has 0 N–H and O–H groups in total. The Morgan fingerprint density at radius 3 is 1.49 bits per heavy atom. The van der Waals surface area contributed by atoms with Crippen LogP contribution in [0.4, 0.5) is 14.8 Å². The number of fused-ring (bicyclic) bond motifs is 9. The maximum Gasteiger partial charge on any atom is 0.419 e. The lowest BCUT2D eigenvalue weighted by Crippen LogP contribution is -2.21. The van der Waals surface area contributed by atoms with Crippen LogP contribution in [0.2, 0.25) is 0 Å². The molecule has 0 bridgehead atoms. The van der Waals surface area contributed by atoms with Crippen molar-refractivity contribution in [2.24, 2.45) is 33.7 Å². The Labute approximate surface area is 306 Å². The Morgan fingerprint density at radius 2 is 1.06 bits per heavy atom. The number of carbonyl (C=O) groups excluding carboxylic acids is 5. The Kier molecular flexibility index (Phi) is 7.39. The van der Waals surface area contributed by atoms with E-state index in [4.69, 9.17) is 4.74 Å². The van der Waals surface area contributed by atoms with Gasteiger partial charge in [0.1, 0.15) is 16.6 Å². The number of thiophene rings is 4. The molecule has 6 aromatic rings. The van der Waals surface area contributed by atoms with E-state index in [0.29, 0.717) is 21.0 Å². The van der Waals surface area contributed by atoms with Crippen LogP contribution < -0.4 is 0 Å². The summed E-state index contributed by atoms with van der Waals surface area (Å²) in [6.45, 7) is 0.0905. The van der Waals surface area contributed by atoms with E-state index in [1.54, 1.807) is 27.2 Å². The van der Waals surface area contributed by atoms with Crippen LogP contribution in [0.5, 0.6) is 0 Å². The fraction of sp³-hybridized carbons (Fsp3) is 0.342. The quantitative estimate of drug-likeness (QED) is 0.177. The summed E-state index contributed by atoms with van der Waals surface area (Å²) < 4.78 is 12.9. The van der Waals surface area contributed by atoms with Gasteiger partial charge in [0.05, 0.1) is 39.2 Å². The van der Waals surface area contributed by atoms with Gasteiger partial charge in [0.15, 0.2) is 34.6 Å². The molecule has 10 rings (SSSR count). The van der Waals surface area contributed by atoms with E-state index in [2.05, 4.69) is 9.98 Å². The van der Waals surface area contributed by atoms with Gasteiger partial charge >= 0.3 is 6.09 Å². The molecule has 5 heterocycles. The van der Waals surface area contributed by atoms with Crippen LogP contribution in [-0.2, 0) is 30.5 Å². The minimum atomic E-state index is -0.531. The Bertz CT molecular complexity index is 2380. The van der Waals surface area contributed by atoms with Crippen molar-refractivity contribution in [2.75, 3.05) is 0 Å². The zero-order chi connectivity index (χ0) is 34.5. The number of carbonyl (C=O) groups is 5. The molecule has 13 heteroatoms. The predicted molar refractivity (Wildman–Crippen MR) is 203 cm³/mol. The van der Waals surface area contributed by atoms with Crippen LogP contribution in [0.15, 0.2) is 52.4 Å². The molecule has 0 spiro atoms. The lowest BCUT2D eigenvalue weighted by atomic mass is 9.81. The number of ether oxygens (including phenoxy) is 1. The molecule has 0 saturated heterocycles. The molecule has 5 aromatic heterocycles. The average Bonchev–Trinajstić information content (AvgIpc) is 4.00. The van der Waals surface area contributed by atoms with Gasteiger partial charge in [0, 0.05) is 23.7 Å². The lowest BCUT2D eigenvalue weighted by Gasteiger charge is -2.20. The van der Waals surface area contributed by atoms with Crippen molar-refractivity contribution < 1.29 is 28.7 Å². The van der Waals surface area contributed by atoms with E-state index >= 15 is 0 Å². The molecule has 4 aliphatic carbocycles. The Balaban J connectivity index is 1.09. The largest absolute Gasteiger partial charge is 0.444 e. The number of Topliss-reactive ketones (excluding diaryl/α,β-unsaturated/α-hetero) is 4. The normalized spacial score (nSPS) is 23.7. The molecule has 4 fully saturated rings. The van der Waals surface area contributed by atoms with Gasteiger partial charge in [-0.2, -0.15) is 0 Å². The van der Waals surface area contributed by atoms with E-state index < -0.39 is 6.09 Å². The fourth-order valence-electron chi connectivity index (χ4n) is 8.53. The molecule has 0 aliphatic heterocycles. The summed E-state index contributed by atoms with van der Waals surface area (Å²) in [5.74, 6) is -1.56. The Hall–Kier alpha value is -4.17. The molecule has 0 amide bonds. The number of aromatic nitrogens is 1. The molecule has 9 nitrogen and oxygen atoms in total. The number of hydrogen-bond acceptors (Lipinski definition) is 12. The summed E-state index contributed by atoms with van der Waals surface area (Å²) >= 11 is 5.82. The van der Waals surface area contributed by atoms with Gasteiger partial charge in [-0.3, -0.25) is 19.2 Å². The van der Waals surface area contributed by atoms with E-state index in [-0.39, 0.29) is 64.8 Å². The van der Waals surface area contributed by atoms with Crippen LogP contribution in [0, 0.1) is 23.7 Å². The number of benzene rings is 1. The SMILES string of the molecule is O=C1C(=Nc2cc3sc4c5sc6cc(N=C7C(=O)C8CCCCC8C7=O)sc6c5n(C(=O)OCc5ccccc5)c4c3s2)C(=O)C2CCCCC12. The zero-order valence-corrected chi connectivity index (χ0v) is 30.4. The summed E-state index contributed by atoms with van der Waals surface area (Å²) in [5, 5.41) is 1.13. The number of ketones is 4. The Morgan fingerprint density at radius 1 is 0.627 bits per heavy atom.